The van der Waals surface area contributed by atoms with Crippen LogP contribution in [0.25, 0.3) is 20.9 Å². The molecule has 0 bridgehead atoms. The lowest BCUT2D eigenvalue weighted by molar-refractivity contribution is 0.551. The number of fused-ring (bicyclic) bond motifs is 1. The molecule has 0 radical (unpaired) electrons. The number of aromatic nitrogens is 2. The van der Waals surface area contributed by atoms with E-state index in [-0.39, 0.29) is 0 Å². The predicted octanol–water partition coefficient (Wildman–Crippen LogP) is 4.17. The van der Waals surface area contributed by atoms with Gasteiger partial charge in [-0.15, -0.1) is 22.7 Å². The summed E-state index contributed by atoms with van der Waals surface area (Å²) in [7, 11) is 0. The first kappa shape index (κ1) is 13.7. The highest BCUT2D eigenvalue weighted by atomic mass is 32.1. The highest BCUT2D eigenvalue weighted by Gasteiger charge is 2.09. The van der Waals surface area contributed by atoms with Crippen molar-refractivity contribution in [1.29, 1.82) is 0 Å². The molecule has 3 rings (SSSR count). The van der Waals surface area contributed by atoms with Crippen LogP contribution >= 0.6 is 22.7 Å². The monoisotopic (exact) mass is 303 g/mol. The van der Waals surface area contributed by atoms with E-state index in [0.717, 1.165) is 34.3 Å². The molecule has 20 heavy (non-hydrogen) atoms. The van der Waals surface area contributed by atoms with E-state index in [1.54, 1.807) is 22.7 Å². The van der Waals surface area contributed by atoms with Crippen molar-refractivity contribution in [2.45, 2.75) is 20.4 Å². The summed E-state index contributed by atoms with van der Waals surface area (Å²) in [4.78, 5) is 9.32. The minimum absolute atomic E-state index is 0.665. The summed E-state index contributed by atoms with van der Waals surface area (Å²) in [5.41, 5.74) is 2.05. The third kappa shape index (κ3) is 3.06. The lowest BCUT2D eigenvalue weighted by atomic mass is 10.2. The van der Waals surface area contributed by atoms with Crippen LogP contribution < -0.4 is 5.32 Å². The highest BCUT2D eigenvalue weighted by molar-refractivity contribution is 7.21. The SMILES string of the molecule is CC(C)CNCc1nc(-c2nc3ccccc3s2)cs1. The van der Waals surface area contributed by atoms with E-state index in [1.807, 2.05) is 18.2 Å². The molecule has 0 amide bonds. The van der Waals surface area contributed by atoms with E-state index >= 15 is 0 Å². The van der Waals surface area contributed by atoms with Gasteiger partial charge in [-0.1, -0.05) is 26.0 Å². The van der Waals surface area contributed by atoms with Crippen molar-refractivity contribution in [3.63, 3.8) is 0 Å². The van der Waals surface area contributed by atoms with E-state index in [9.17, 15) is 0 Å². The summed E-state index contributed by atoms with van der Waals surface area (Å²) in [6, 6.07) is 8.22. The van der Waals surface area contributed by atoms with E-state index in [4.69, 9.17) is 0 Å². The number of hydrogen-bond acceptors (Lipinski definition) is 5. The maximum Gasteiger partial charge on any atom is 0.143 e. The molecule has 104 valence electrons. The Balaban J connectivity index is 1.75. The first-order valence-corrected chi connectivity index (χ1v) is 8.43. The van der Waals surface area contributed by atoms with Gasteiger partial charge in [0.25, 0.3) is 0 Å². The van der Waals surface area contributed by atoms with E-state index in [1.165, 1.54) is 4.70 Å². The van der Waals surface area contributed by atoms with Crippen LogP contribution in [-0.4, -0.2) is 16.5 Å². The average Bonchev–Trinajstić information content (AvgIpc) is 3.03. The van der Waals surface area contributed by atoms with Crippen LogP contribution in [-0.2, 0) is 6.54 Å². The summed E-state index contributed by atoms with van der Waals surface area (Å²) in [5.74, 6) is 0.665. The zero-order chi connectivity index (χ0) is 13.9. The molecule has 0 atom stereocenters. The first-order valence-electron chi connectivity index (χ1n) is 6.73. The third-order valence-corrected chi connectivity index (χ3v) is 4.80. The molecule has 0 aliphatic rings. The third-order valence-electron chi connectivity index (χ3n) is 2.89. The molecule has 0 saturated carbocycles. The summed E-state index contributed by atoms with van der Waals surface area (Å²) >= 11 is 3.40. The molecule has 0 spiro atoms. The molecule has 2 aromatic heterocycles. The summed E-state index contributed by atoms with van der Waals surface area (Å²) in [6.07, 6.45) is 0. The molecule has 3 nitrogen and oxygen atoms in total. The maximum atomic E-state index is 4.68. The average molecular weight is 303 g/mol. The van der Waals surface area contributed by atoms with Crippen LogP contribution in [0.3, 0.4) is 0 Å². The Morgan fingerprint density at radius 1 is 1.20 bits per heavy atom. The van der Waals surface area contributed by atoms with Gasteiger partial charge in [0.15, 0.2) is 0 Å². The van der Waals surface area contributed by atoms with Gasteiger partial charge in [0.1, 0.15) is 15.7 Å². The van der Waals surface area contributed by atoms with Crippen molar-refractivity contribution in [2.24, 2.45) is 5.92 Å². The van der Waals surface area contributed by atoms with Crippen LogP contribution in [0.4, 0.5) is 0 Å². The summed E-state index contributed by atoms with van der Waals surface area (Å²) < 4.78 is 1.22. The van der Waals surface area contributed by atoms with Gasteiger partial charge in [-0.25, -0.2) is 9.97 Å². The Bertz CT molecular complexity index is 667. The maximum absolute atomic E-state index is 4.68. The van der Waals surface area contributed by atoms with Gasteiger partial charge >= 0.3 is 0 Å². The smallest absolute Gasteiger partial charge is 0.143 e. The predicted molar refractivity (Wildman–Crippen MR) is 87.3 cm³/mol. The molecule has 0 aliphatic heterocycles. The largest absolute Gasteiger partial charge is 0.310 e. The minimum atomic E-state index is 0.665. The van der Waals surface area contributed by atoms with Gasteiger partial charge in [-0.2, -0.15) is 0 Å². The number of nitrogens with zero attached hydrogens (tertiary/aromatic N) is 2. The summed E-state index contributed by atoms with van der Waals surface area (Å²) in [6.45, 7) is 6.28. The van der Waals surface area contributed by atoms with Gasteiger partial charge in [0, 0.05) is 11.9 Å². The number of thiazole rings is 2. The Morgan fingerprint density at radius 2 is 2.05 bits per heavy atom. The fourth-order valence-corrected chi connectivity index (χ4v) is 3.69. The van der Waals surface area contributed by atoms with Crippen molar-refractivity contribution < 1.29 is 0 Å². The van der Waals surface area contributed by atoms with Crippen molar-refractivity contribution in [3.05, 3.63) is 34.7 Å². The molecule has 0 saturated heterocycles. The zero-order valence-corrected chi connectivity index (χ0v) is 13.2. The Labute approximate surface area is 126 Å². The Kier molecular flexibility index (Phi) is 4.10. The molecular formula is C15H17N3S2. The lowest BCUT2D eigenvalue weighted by Crippen LogP contribution is -2.18. The number of benzene rings is 1. The fourth-order valence-electron chi connectivity index (χ4n) is 1.94. The van der Waals surface area contributed by atoms with Crippen LogP contribution in [0.15, 0.2) is 29.6 Å². The van der Waals surface area contributed by atoms with Crippen molar-refractivity contribution in [2.75, 3.05) is 6.54 Å². The van der Waals surface area contributed by atoms with Crippen LogP contribution in [0, 0.1) is 5.92 Å². The topological polar surface area (TPSA) is 37.8 Å². The molecule has 2 heterocycles. The quantitative estimate of drug-likeness (QED) is 0.769. The second kappa shape index (κ2) is 5.99. The van der Waals surface area contributed by atoms with Gasteiger partial charge < -0.3 is 5.32 Å². The Hall–Kier alpha value is -1.30. The molecule has 0 aliphatic carbocycles. The fraction of sp³-hybridized carbons (Fsp3) is 0.333. The minimum Gasteiger partial charge on any atom is -0.310 e. The molecule has 0 fully saturated rings. The van der Waals surface area contributed by atoms with E-state index in [0.29, 0.717) is 5.92 Å². The molecule has 5 heteroatoms. The van der Waals surface area contributed by atoms with Crippen molar-refractivity contribution in [3.8, 4) is 10.7 Å². The van der Waals surface area contributed by atoms with Gasteiger partial charge in [0.05, 0.1) is 10.2 Å². The van der Waals surface area contributed by atoms with Gasteiger partial charge in [-0.3, -0.25) is 0 Å². The standard InChI is InChI=1S/C15H17N3S2/c1-10(2)7-16-8-14-17-12(9-19-14)15-18-11-5-3-4-6-13(11)20-15/h3-6,9-10,16H,7-8H2,1-2H3. The molecule has 3 aromatic rings. The van der Waals surface area contributed by atoms with E-state index < -0.39 is 0 Å². The Morgan fingerprint density at radius 3 is 2.85 bits per heavy atom. The molecule has 1 N–H and O–H groups in total. The van der Waals surface area contributed by atoms with E-state index in [2.05, 4.69) is 40.6 Å². The normalized spacial score (nSPS) is 11.6. The van der Waals surface area contributed by atoms with Gasteiger partial charge in [0.2, 0.25) is 0 Å². The number of para-hydroxylation sites is 1. The molecule has 1 aromatic carbocycles. The first-order chi connectivity index (χ1) is 9.72. The van der Waals surface area contributed by atoms with Crippen LogP contribution in [0.1, 0.15) is 18.9 Å². The number of hydrogen-bond donors (Lipinski definition) is 1. The van der Waals surface area contributed by atoms with Gasteiger partial charge in [-0.05, 0) is 24.6 Å². The summed E-state index contributed by atoms with van der Waals surface area (Å²) in [5, 5.41) is 7.66. The molecule has 0 unspecified atom stereocenters. The second-order valence-electron chi connectivity index (χ2n) is 5.14. The zero-order valence-electron chi connectivity index (χ0n) is 11.6. The van der Waals surface area contributed by atoms with Crippen molar-refractivity contribution >= 4 is 32.9 Å². The van der Waals surface area contributed by atoms with Crippen molar-refractivity contribution in [1.82, 2.24) is 15.3 Å². The van der Waals surface area contributed by atoms with Crippen LogP contribution in [0.5, 0.6) is 0 Å². The number of rotatable bonds is 5. The number of nitrogens with one attached hydrogen (secondary N) is 1. The second-order valence-corrected chi connectivity index (χ2v) is 7.11. The molecular weight excluding hydrogens is 286 g/mol. The lowest BCUT2D eigenvalue weighted by Gasteiger charge is -2.04. The van der Waals surface area contributed by atoms with Crippen LogP contribution in [0.2, 0.25) is 0 Å². The highest BCUT2D eigenvalue weighted by Crippen LogP contribution is 2.30.